The first-order valence-electron chi connectivity index (χ1n) is 12.3. The van der Waals surface area contributed by atoms with E-state index in [4.69, 9.17) is 0 Å². The smallest absolute Gasteiger partial charge is 0.315 e. The van der Waals surface area contributed by atoms with Crippen LogP contribution in [0.2, 0.25) is 0 Å². The molecule has 3 amide bonds. The molecule has 0 radical (unpaired) electrons. The molecular weight excluding hydrogens is 464 g/mol. The van der Waals surface area contributed by atoms with Gasteiger partial charge in [0.2, 0.25) is 0 Å². The lowest BCUT2D eigenvalue weighted by Crippen LogP contribution is -2.51. The van der Waals surface area contributed by atoms with Crippen LogP contribution < -0.4 is 14.9 Å². The summed E-state index contributed by atoms with van der Waals surface area (Å²) in [6.07, 6.45) is 6.97. The number of hydrogen-bond donors (Lipinski definition) is 2. The van der Waals surface area contributed by atoms with Gasteiger partial charge in [-0.3, -0.25) is 9.10 Å². The van der Waals surface area contributed by atoms with E-state index in [9.17, 15) is 18.0 Å². The quantitative estimate of drug-likeness (QED) is 0.634. The molecule has 1 heterocycles. The number of nitrogens with zero attached hydrogens (tertiary/aromatic N) is 2. The number of hydrogen-bond acceptors (Lipinski definition) is 4. The van der Waals surface area contributed by atoms with Crippen LogP contribution in [0.25, 0.3) is 0 Å². The van der Waals surface area contributed by atoms with Gasteiger partial charge in [-0.25, -0.2) is 13.2 Å². The van der Waals surface area contributed by atoms with Crippen LogP contribution in [0, 0.1) is 0 Å². The number of urea groups is 1. The summed E-state index contributed by atoms with van der Waals surface area (Å²) in [5, 5.41) is 6.13. The number of rotatable bonds is 6. The Kier molecular flexibility index (Phi) is 7.95. The normalized spacial score (nSPS) is 17.6. The first-order chi connectivity index (χ1) is 16.8. The summed E-state index contributed by atoms with van der Waals surface area (Å²) < 4.78 is 27.5. The maximum Gasteiger partial charge on any atom is 0.315 e. The van der Waals surface area contributed by atoms with Crippen LogP contribution in [0.4, 0.5) is 10.5 Å². The highest BCUT2D eigenvalue weighted by atomic mass is 32.2. The maximum absolute atomic E-state index is 13.1. The number of nitrogens with one attached hydrogen (secondary N) is 2. The van der Waals surface area contributed by atoms with Crippen molar-refractivity contribution in [3.63, 3.8) is 0 Å². The van der Waals surface area contributed by atoms with E-state index in [0.717, 1.165) is 25.7 Å². The third kappa shape index (κ3) is 6.14. The van der Waals surface area contributed by atoms with E-state index in [-0.39, 0.29) is 28.9 Å². The van der Waals surface area contributed by atoms with Crippen molar-refractivity contribution in [1.29, 1.82) is 0 Å². The average Bonchev–Trinajstić information content (AvgIpc) is 2.89. The van der Waals surface area contributed by atoms with Gasteiger partial charge in [-0.05, 0) is 56.0 Å². The summed E-state index contributed by atoms with van der Waals surface area (Å²) in [5.74, 6) is -0.200. The van der Waals surface area contributed by atoms with Gasteiger partial charge in [0.15, 0.2) is 0 Å². The van der Waals surface area contributed by atoms with Gasteiger partial charge in [0, 0.05) is 37.8 Å². The van der Waals surface area contributed by atoms with Crippen LogP contribution in [-0.4, -0.2) is 57.5 Å². The molecule has 1 saturated carbocycles. The highest BCUT2D eigenvalue weighted by molar-refractivity contribution is 7.92. The Morgan fingerprint density at radius 3 is 2.14 bits per heavy atom. The minimum absolute atomic E-state index is 0.0221. The predicted octanol–water partition coefficient (Wildman–Crippen LogP) is 3.75. The molecule has 188 valence electrons. The molecule has 2 aromatic carbocycles. The number of carbonyl (C=O) groups is 2. The number of piperidine rings is 1. The van der Waals surface area contributed by atoms with E-state index in [1.165, 1.54) is 29.9 Å². The fourth-order valence-corrected chi connectivity index (χ4v) is 6.04. The number of likely N-dealkylation sites (tertiary alicyclic amines) is 1. The molecule has 0 spiro atoms. The van der Waals surface area contributed by atoms with Crippen molar-refractivity contribution in [3.05, 3.63) is 60.2 Å². The van der Waals surface area contributed by atoms with Crippen LogP contribution in [-0.2, 0) is 10.0 Å². The number of anilines is 1. The average molecular weight is 499 g/mol. The molecule has 1 aliphatic carbocycles. The Balaban J connectivity index is 1.34. The zero-order valence-electron chi connectivity index (χ0n) is 20.2. The van der Waals surface area contributed by atoms with Crippen molar-refractivity contribution < 1.29 is 18.0 Å². The van der Waals surface area contributed by atoms with Crippen LogP contribution in [0.3, 0.4) is 0 Å². The second kappa shape index (κ2) is 11.1. The van der Waals surface area contributed by atoms with Crippen molar-refractivity contribution in [1.82, 2.24) is 15.5 Å². The topological polar surface area (TPSA) is 98.8 Å². The van der Waals surface area contributed by atoms with Gasteiger partial charge >= 0.3 is 6.03 Å². The van der Waals surface area contributed by atoms with Gasteiger partial charge in [0.25, 0.3) is 15.9 Å². The summed E-state index contributed by atoms with van der Waals surface area (Å²) in [6.45, 7) is 1.02. The van der Waals surface area contributed by atoms with Crippen LogP contribution in [0.5, 0.6) is 0 Å². The molecule has 2 fully saturated rings. The van der Waals surface area contributed by atoms with Crippen LogP contribution >= 0.6 is 0 Å². The van der Waals surface area contributed by atoms with E-state index in [2.05, 4.69) is 10.6 Å². The van der Waals surface area contributed by atoms with Gasteiger partial charge < -0.3 is 15.5 Å². The lowest BCUT2D eigenvalue weighted by molar-refractivity contribution is 0.0708. The van der Waals surface area contributed by atoms with Crippen molar-refractivity contribution in [2.75, 3.05) is 24.4 Å². The molecule has 2 aromatic rings. The van der Waals surface area contributed by atoms with E-state index in [1.54, 1.807) is 41.3 Å². The third-order valence-corrected chi connectivity index (χ3v) is 8.70. The SMILES string of the molecule is CN(c1ccccc1)S(=O)(=O)c1cccc(C(=O)N2CCC(NC(=O)NC3CCCCC3)CC2)c1. The van der Waals surface area contributed by atoms with Crippen LogP contribution in [0.1, 0.15) is 55.3 Å². The molecule has 4 rings (SSSR count). The van der Waals surface area contributed by atoms with E-state index in [1.807, 2.05) is 6.07 Å². The lowest BCUT2D eigenvalue weighted by atomic mass is 9.96. The Labute approximate surface area is 207 Å². The molecule has 1 aliphatic heterocycles. The van der Waals surface area contributed by atoms with Gasteiger partial charge in [0.05, 0.1) is 10.6 Å². The summed E-state index contributed by atoms with van der Waals surface area (Å²) in [4.78, 5) is 27.3. The summed E-state index contributed by atoms with van der Waals surface area (Å²) in [5.41, 5.74) is 0.889. The summed E-state index contributed by atoms with van der Waals surface area (Å²) in [7, 11) is -2.30. The fraction of sp³-hybridized carbons (Fsp3) is 0.462. The molecule has 2 aliphatic rings. The largest absolute Gasteiger partial charge is 0.338 e. The minimum atomic E-state index is -3.81. The summed E-state index contributed by atoms with van der Waals surface area (Å²) >= 11 is 0. The van der Waals surface area contributed by atoms with Crippen molar-refractivity contribution in [2.24, 2.45) is 0 Å². The minimum Gasteiger partial charge on any atom is -0.338 e. The predicted molar refractivity (Wildman–Crippen MR) is 136 cm³/mol. The molecule has 35 heavy (non-hydrogen) atoms. The van der Waals surface area contributed by atoms with E-state index >= 15 is 0 Å². The zero-order valence-corrected chi connectivity index (χ0v) is 21.0. The van der Waals surface area contributed by atoms with Gasteiger partial charge in [-0.2, -0.15) is 0 Å². The number of para-hydroxylation sites is 1. The van der Waals surface area contributed by atoms with Crippen LogP contribution in [0.15, 0.2) is 59.5 Å². The molecule has 0 aromatic heterocycles. The Bertz CT molecular complexity index is 1130. The molecule has 8 nitrogen and oxygen atoms in total. The highest BCUT2D eigenvalue weighted by Gasteiger charge is 2.27. The first-order valence-corrected chi connectivity index (χ1v) is 13.8. The molecule has 0 atom stereocenters. The maximum atomic E-state index is 13.1. The first kappa shape index (κ1) is 25.0. The molecule has 2 N–H and O–H groups in total. The third-order valence-electron chi connectivity index (χ3n) is 6.92. The number of sulfonamides is 1. The molecule has 9 heteroatoms. The summed E-state index contributed by atoms with van der Waals surface area (Å²) in [6, 6.07) is 15.2. The van der Waals surface area contributed by atoms with Gasteiger partial charge in [-0.1, -0.05) is 43.5 Å². The monoisotopic (exact) mass is 498 g/mol. The Morgan fingerprint density at radius 1 is 0.857 bits per heavy atom. The standard InChI is InChI=1S/C26H34N4O4S/c1-29(23-12-6-3-7-13-23)35(33,34)24-14-8-9-20(19-24)25(31)30-17-15-22(16-18-30)28-26(32)27-21-10-4-2-5-11-21/h3,6-9,12-14,19,21-22H,2,4-5,10-11,15-18H2,1H3,(H2,27,28,32). The Morgan fingerprint density at radius 2 is 1.49 bits per heavy atom. The fourth-order valence-electron chi connectivity index (χ4n) is 4.79. The lowest BCUT2D eigenvalue weighted by Gasteiger charge is -2.33. The zero-order chi connectivity index (χ0) is 24.8. The number of amides is 3. The second-order valence-corrected chi connectivity index (χ2v) is 11.3. The number of benzene rings is 2. The Hall–Kier alpha value is -3.07. The molecule has 0 unspecified atom stereocenters. The van der Waals surface area contributed by atoms with Gasteiger partial charge in [-0.15, -0.1) is 0 Å². The van der Waals surface area contributed by atoms with Gasteiger partial charge in [0.1, 0.15) is 0 Å². The van der Waals surface area contributed by atoms with E-state index in [0.29, 0.717) is 37.2 Å². The van der Waals surface area contributed by atoms with Crippen molar-refractivity contribution >= 4 is 27.6 Å². The molecule has 0 bridgehead atoms. The van der Waals surface area contributed by atoms with Crippen molar-refractivity contribution in [3.8, 4) is 0 Å². The molecular formula is C26H34N4O4S. The van der Waals surface area contributed by atoms with Crippen molar-refractivity contribution in [2.45, 2.75) is 61.9 Å². The van der Waals surface area contributed by atoms with E-state index < -0.39 is 10.0 Å². The highest BCUT2D eigenvalue weighted by Crippen LogP contribution is 2.23. The molecule has 1 saturated heterocycles. The number of carbonyl (C=O) groups excluding carboxylic acids is 2. The second-order valence-electron chi connectivity index (χ2n) is 9.36.